The summed E-state index contributed by atoms with van der Waals surface area (Å²) in [5.41, 5.74) is 2.00. The van der Waals surface area contributed by atoms with Crippen molar-refractivity contribution in [3.63, 3.8) is 0 Å². The molecule has 1 aliphatic rings. The monoisotopic (exact) mass is 337 g/mol. The molecule has 1 aromatic heterocycles. The molecule has 130 valence electrons. The van der Waals surface area contributed by atoms with Gasteiger partial charge in [0.05, 0.1) is 18.1 Å². The van der Waals surface area contributed by atoms with Crippen LogP contribution in [0.4, 0.5) is 0 Å². The third kappa shape index (κ3) is 4.97. The van der Waals surface area contributed by atoms with Crippen molar-refractivity contribution >= 4 is 12.0 Å². The van der Waals surface area contributed by atoms with Gasteiger partial charge in [0.15, 0.2) is 5.69 Å². The fourth-order valence-corrected chi connectivity index (χ4v) is 3.15. The van der Waals surface area contributed by atoms with Crippen LogP contribution in [0.5, 0.6) is 0 Å². The Hall–Kier alpha value is -2.53. The van der Waals surface area contributed by atoms with Gasteiger partial charge < -0.3 is 5.11 Å². The molecule has 0 saturated carbocycles. The zero-order valence-corrected chi connectivity index (χ0v) is 14.2. The standard InChI is InChI=1S/C20H23N3O2/c24-20(25)19-14-21-17(13-22-19)15-23-12-6-2-5-9-18(23)11-10-16-7-3-1-4-8-16/h1,3-4,7-8,10-11,13-14,18H,2,5-6,9,12,15H2,(H,24,25)/b11-10+. The van der Waals surface area contributed by atoms with E-state index < -0.39 is 5.97 Å². The second kappa shape index (κ2) is 8.53. The summed E-state index contributed by atoms with van der Waals surface area (Å²) < 4.78 is 0. The molecule has 5 heteroatoms. The fourth-order valence-electron chi connectivity index (χ4n) is 3.15. The van der Waals surface area contributed by atoms with Crippen LogP contribution in [0.1, 0.15) is 47.4 Å². The van der Waals surface area contributed by atoms with Crippen LogP contribution in [0.2, 0.25) is 0 Å². The first kappa shape index (κ1) is 17.3. The molecule has 25 heavy (non-hydrogen) atoms. The largest absolute Gasteiger partial charge is 0.476 e. The van der Waals surface area contributed by atoms with Crippen LogP contribution in [0.3, 0.4) is 0 Å². The predicted octanol–water partition coefficient (Wildman–Crippen LogP) is 3.63. The SMILES string of the molecule is O=C(O)c1cnc(CN2CCCCCC2/C=C/c2ccccc2)cn1. The van der Waals surface area contributed by atoms with Crippen LogP contribution >= 0.6 is 0 Å². The molecule has 1 aliphatic heterocycles. The van der Waals surface area contributed by atoms with Crippen molar-refractivity contribution in [1.82, 2.24) is 14.9 Å². The van der Waals surface area contributed by atoms with Gasteiger partial charge in [0.25, 0.3) is 0 Å². The lowest BCUT2D eigenvalue weighted by molar-refractivity contribution is 0.0690. The Labute approximate surface area is 148 Å². The van der Waals surface area contributed by atoms with Gasteiger partial charge in [0.1, 0.15) is 0 Å². The van der Waals surface area contributed by atoms with Gasteiger partial charge in [-0.1, -0.05) is 55.3 Å². The highest BCUT2D eigenvalue weighted by Crippen LogP contribution is 2.20. The number of likely N-dealkylation sites (tertiary alicyclic amines) is 1. The third-order valence-corrected chi connectivity index (χ3v) is 4.51. The Morgan fingerprint density at radius 1 is 1.16 bits per heavy atom. The maximum atomic E-state index is 10.9. The summed E-state index contributed by atoms with van der Waals surface area (Å²) >= 11 is 0. The van der Waals surface area contributed by atoms with Crippen LogP contribution in [-0.4, -0.2) is 38.5 Å². The Morgan fingerprint density at radius 3 is 2.72 bits per heavy atom. The van der Waals surface area contributed by atoms with E-state index >= 15 is 0 Å². The van der Waals surface area contributed by atoms with Crippen molar-refractivity contribution in [1.29, 1.82) is 0 Å². The number of aromatic nitrogens is 2. The maximum Gasteiger partial charge on any atom is 0.356 e. The van der Waals surface area contributed by atoms with E-state index in [9.17, 15) is 4.79 Å². The summed E-state index contributed by atoms with van der Waals surface area (Å²) in [6.07, 6.45) is 12.2. The molecule has 1 saturated heterocycles. The van der Waals surface area contributed by atoms with Crippen LogP contribution in [0, 0.1) is 0 Å². The third-order valence-electron chi connectivity index (χ3n) is 4.51. The lowest BCUT2D eigenvalue weighted by Gasteiger charge is -2.27. The number of rotatable bonds is 5. The van der Waals surface area contributed by atoms with Gasteiger partial charge in [-0.25, -0.2) is 9.78 Å². The first-order valence-electron chi connectivity index (χ1n) is 8.74. The second-order valence-corrected chi connectivity index (χ2v) is 6.36. The molecule has 0 bridgehead atoms. The molecule has 3 rings (SSSR count). The maximum absolute atomic E-state index is 10.9. The van der Waals surface area contributed by atoms with Gasteiger partial charge in [0, 0.05) is 12.6 Å². The molecule has 0 amide bonds. The summed E-state index contributed by atoms with van der Waals surface area (Å²) in [7, 11) is 0. The Kier molecular flexibility index (Phi) is 5.90. The van der Waals surface area contributed by atoms with Gasteiger partial charge >= 0.3 is 5.97 Å². The number of hydrogen-bond acceptors (Lipinski definition) is 4. The average Bonchev–Trinajstić information content (AvgIpc) is 2.86. The van der Waals surface area contributed by atoms with Crippen molar-refractivity contribution in [2.24, 2.45) is 0 Å². The number of nitrogens with zero attached hydrogens (tertiary/aromatic N) is 3. The number of hydrogen-bond donors (Lipinski definition) is 1. The van der Waals surface area contributed by atoms with Gasteiger partial charge in [-0.3, -0.25) is 9.88 Å². The minimum Gasteiger partial charge on any atom is -0.476 e. The molecule has 1 unspecified atom stereocenters. The van der Waals surface area contributed by atoms with Gasteiger partial charge in [-0.15, -0.1) is 0 Å². The van der Waals surface area contributed by atoms with Crippen LogP contribution in [0.25, 0.3) is 6.08 Å². The summed E-state index contributed by atoms with van der Waals surface area (Å²) in [6.45, 7) is 1.71. The Bertz CT molecular complexity index is 713. The smallest absolute Gasteiger partial charge is 0.356 e. The first-order chi connectivity index (χ1) is 12.2. The highest BCUT2D eigenvalue weighted by atomic mass is 16.4. The van der Waals surface area contributed by atoms with E-state index in [2.05, 4.69) is 39.2 Å². The molecule has 1 fully saturated rings. The summed E-state index contributed by atoms with van der Waals surface area (Å²) in [6, 6.07) is 10.7. The topological polar surface area (TPSA) is 66.3 Å². The molecule has 2 heterocycles. The summed E-state index contributed by atoms with van der Waals surface area (Å²) in [5, 5.41) is 8.93. The number of carboxylic acid groups (broad SMARTS) is 1. The lowest BCUT2D eigenvalue weighted by atomic mass is 10.1. The van der Waals surface area contributed by atoms with Crippen molar-refractivity contribution in [2.45, 2.75) is 38.3 Å². The molecule has 0 aliphatic carbocycles. The molecule has 1 aromatic carbocycles. The highest BCUT2D eigenvalue weighted by molar-refractivity contribution is 5.84. The Balaban J connectivity index is 1.71. The lowest BCUT2D eigenvalue weighted by Crippen LogP contribution is -2.33. The molecule has 0 spiro atoms. The molecular weight excluding hydrogens is 314 g/mol. The van der Waals surface area contributed by atoms with E-state index in [4.69, 9.17) is 5.11 Å². The van der Waals surface area contributed by atoms with E-state index in [1.54, 1.807) is 6.20 Å². The molecular formula is C20H23N3O2. The second-order valence-electron chi connectivity index (χ2n) is 6.36. The molecule has 1 atom stereocenters. The average molecular weight is 337 g/mol. The quantitative estimate of drug-likeness (QED) is 0.902. The number of benzene rings is 1. The van der Waals surface area contributed by atoms with Crippen molar-refractivity contribution in [3.05, 3.63) is 65.8 Å². The Morgan fingerprint density at radius 2 is 2.00 bits per heavy atom. The highest BCUT2D eigenvalue weighted by Gasteiger charge is 2.19. The number of carboxylic acids is 1. The minimum atomic E-state index is -1.04. The van der Waals surface area contributed by atoms with E-state index in [-0.39, 0.29) is 5.69 Å². The molecule has 5 nitrogen and oxygen atoms in total. The van der Waals surface area contributed by atoms with E-state index in [1.807, 2.05) is 18.2 Å². The van der Waals surface area contributed by atoms with Crippen molar-refractivity contribution in [2.75, 3.05) is 6.54 Å². The van der Waals surface area contributed by atoms with Gasteiger partial charge in [-0.2, -0.15) is 0 Å². The van der Waals surface area contributed by atoms with E-state index in [0.717, 1.165) is 18.7 Å². The molecule has 0 radical (unpaired) electrons. The predicted molar refractivity (Wildman–Crippen MR) is 97.1 cm³/mol. The number of aromatic carboxylic acids is 1. The molecule has 1 N–H and O–H groups in total. The normalized spacial score (nSPS) is 19.0. The summed E-state index contributed by atoms with van der Waals surface area (Å²) in [5.74, 6) is -1.04. The van der Waals surface area contributed by atoms with E-state index in [1.165, 1.54) is 31.0 Å². The van der Waals surface area contributed by atoms with Crippen LogP contribution in [0.15, 0.2) is 48.8 Å². The summed E-state index contributed by atoms with van der Waals surface area (Å²) in [4.78, 5) is 21.6. The van der Waals surface area contributed by atoms with Gasteiger partial charge in [-0.05, 0) is 24.9 Å². The zero-order chi connectivity index (χ0) is 17.5. The fraction of sp³-hybridized carbons (Fsp3) is 0.350. The van der Waals surface area contributed by atoms with Gasteiger partial charge in [0.2, 0.25) is 0 Å². The first-order valence-corrected chi connectivity index (χ1v) is 8.74. The van der Waals surface area contributed by atoms with Crippen LogP contribution < -0.4 is 0 Å². The van der Waals surface area contributed by atoms with E-state index in [0.29, 0.717) is 12.6 Å². The zero-order valence-electron chi connectivity index (χ0n) is 14.2. The van der Waals surface area contributed by atoms with Crippen LogP contribution in [-0.2, 0) is 6.54 Å². The van der Waals surface area contributed by atoms with Crippen molar-refractivity contribution < 1.29 is 9.90 Å². The van der Waals surface area contributed by atoms with Crippen molar-refractivity contribution in [3.8, 4) is 0 Å². The number of carbonyl (C=O) groups is 1. The molecule has 2 aromatic rings. The minimum absolute atomic E-state index is 0.0138.